The third kappa shape index (κ3) is 1.63. The number of halogens is 2. The van der Waals surface area contributed by atoms with Crippen LogP contribution in [0.3, 0.4) is 0 Å². The highest BCUT2D eigenvalue weighted by Gasteiger charge is 1.97. The van der Waals surface area contributed by atoms with Gasteiger partial charge in [0.2, 0.25) is 0 Å². The minimum Gasteiger partial charge on any atom is -0.322 e. The van der Waals surface area contributed by atoms with Crippen LogP contribution in [0.25, 0.3) is 0 Å². The predicted octanol–water partition coefficient (Wildman–Crippen LogP) is 2.46. The van der Waals surface area contributed by atoms with Gasteiger partial charge < -0.3 is 5.73 Å². The van der Waals surface area contributed by atoms with Crippen LogP contribution in [-0.2, 0) is 0 Å². The summed E-state index contributed by atoms with van der Waals surface area (Å²) in [5.74, 6) is 0. The first kappa shape index (κ1) is 7.86. The summed E-state index contributed by atoms with van der Waals surface area (Å²) >= 11 is 11.4. The molecule has 0 fully saturated rings. The molecule has 0 aliphatic heterocycles. The van der Waals surface area contributed by atoms with Crippen LogP contribution in [0.4, 0.5) is 0 Å². The third-order valence-corrected chi connectivity index (χ3v) is 1.70. The molecule has 0 atom stereocenters. The van der Waals surface area contributed by atoms with Crippen molar-refractivity contribution >= 4 is 23.2 Å². The zero-order valence-corrected chi connectivity index (χ0v) is 6.65. The minimum absolute atomic E-state index is 0.579. The van der Waals surface area contributed by atoms with Crippen molar-refractivity contribution in [2.75, 3.05) is 0 Å². The Morgan fingerprint density at radius 3 is 2.50 bits per heavy atom. The molecule has 53 valence electrons. The first-order valence-corrected chi connectivity index (χ1v) is 3.49. The van der Waals surface area contributed by atoms with E-state index in [1.165, 1.54) is 6.54 Å². The second-order valence-electron chi connectivity index (χ2n) is 1.83. The number of benzene rings is 1. The third-order valence-electron chi connectivity index (χ3n) is 1.14. The van der Waals surface area contributed by atoms with E-state index in [0.29, 0.717) is 10.0 Å². The van der Waals surface area contributed by atoms with Crippen molar-refractivity contribution in [3.05, 3.63) is 40.4 Å². The van der Waals surface area contributed by atoms with Crippen LogP contribution in [-0.4, -0.2) is 0 Å². The van der Waals surface area contributed by atoms with Crippen LogP contribution in [0, 0.1) is 6.54 Å². The van der Waals surface area contributed by atoms with Crippen molar-refractivity contribution < 1.29 is 0 Å². The Bertz CT molecular complexity index is 235. The highest BCUT2D eigenvalue weighted by Crippen LogP contribution is 2.20. The van der Waals surface area contributed by atoms with Crippen molar-refractivity contribution in [3.8, 4) is 0 Å². The Hall–Kier alpha value is -0.240. The van der Waals surface area contributed by atoms with Crippen LogP contribution >= 0.6 is 23.2 Å². The molecule has 0 saturated heterocycles. The van der Waals surface area contributed by atoms with E-state index in [-0.39, 0.29) is 0 Å². The van der Waals surface area contributed by atoms with Gasteiger partial charge in [0, 0.05) is 10.0 Å². The monoisotopic (exact) mass is 174 g/mol. The van der Waals surface area contributed by atoms with E-state index in [9.17, 15) is 0 Å². The van der Waals surface area contributed by atoms with E-state index in [0.717, 1.165) is 5.56 Å². The lowest BCUT2D eigenvalue weighted by Crippen LogP contribution is -1.92. The average molecular weight is 175 g/mol. The van der Waals surface area contributed by atoms with Gasteiger partial charge in [0.25, 0.3) is 0 Å². The molecule has 0 aliphatic rings. The maximum absolute atomic E-state index is 5.73. The molecule has 0 aliphatic carbocycles. The van der Waals surface area contributed by atoms with Gasteiger partial charge in [-0.15, -0.1) is 0 Å². The van der Waals surface area contributed by atoms with Gasteiger partial charge in [-0.2, -0.15) is 0 Å². The molecule has 1 radical (unpaired) electrons. The Kier molecular flexibility index (Phi) is 2.55. The van der Waals surface area contributed by atoms with Gasteiger partial charge in [-0.05, 0) is 17.7 Å². The van der Waals surface area contributed by atoms with Gasteiger partial charge in [0.1, 0.15) is 0 Å². The molecule has 0 aromatic heterocycles. The molecular weight excluding hydrogens is 169 g/mol. The standard InChI is InChI=1S/C7H6Cl2N/c8-6-2-1-5(4-10)7(9)3-6/h1-4H,10H2. The molecule has 1 aromatic rings. The minimum atomic E-state index is 0.579. The van der Waals surface area contributed by atoms with E-state index in [1.54, 1.807) is 18.2 Å². The first-order valence-electron chi connectivity index (χ1n) is 2.74. The smallest absolute Gasteiger partial charge is 0.0506 e. The molecule has 2 N–H and O–H groups in total. The normalized spacial score (nSPS) is 9.90. The van der Waals surface area contributed by atoms with Crippen molar-refractivity contribution in [3.63, 3.8) is 0 Å². The summed E-state index contributed by atoms with van der Waals surface area (Å²) in [7, 11) is 0. The summed E-state index contributed by atoms with van der Waals surface area (Å²) in [6, 6.07) is 5.17. The van der Waals surface area contributed by atoms with Gasteiger partial charge in [0.05, 0.1) is 6.54 Å². The van der Waals surface area contributed by atoms with Gasteiger partial charge in [-0.25, -0.2) is 0 Å². The fourth-order valence-electron chi connectivity index (χ4n) is 0.637. The average Bonchev–Trinajstić information content (AvgIpc) is 1.88. The molecule has 0 amide bonds. The van der Waals surface area contributed by atoms with E-state index < -0.39 is 0 Å². The van der Waals surface area contributed by atoms with Crippen molar-refractivity contribution in [2.45, 2.75) is 0 Å². The Morgan fingerprint density at radius 2 is 2.00 bits per heavy atom. The Morgan fingerprint density at radius 1 is 1.30 bits per heavy atom. The summed E-state index contributed by atoms with van der Waals surface area (Å²) in [5.41, 5.74) is 6.05. The van der Waals surface area contributed by atoms with Crippen LogP contribution < -0.4 is 5.73 Å². The van der Waals surface area contributed by atoms with E-state index in [1.807, 2.05) is 0 Å². The molecule has 0 spiro atoms. The second-order valence-corrected chi connectivity index (χ2v) is 2.68. The van der Waals surface area contributed by atoms with Crippen LogP contribution in [0.1, 0.15) is 5.56 Å². The molecular formula is C7H6Cl2N. The number of rotatable bonds is 1. The molecule has 3 heteroatoms. The molecule has 0 unspecified atom stereocenters. The largest absolute Gasteiger partial charge is 0.322 e. The Labute approximate surface area is 69.7 Å². The molecule has 1 rings (SSSR count). The highest BCUT2D eigenvalue weighted by atomic mass is 35.5. The zero-order valence-electron chi connectivity index (χ0n) is 5.14. The molecule has 10 heavy (non-hydrogen) atoms. The van der Waals surface area contributed by atoms with Crippen LogP contribution in [0.2, 0.25) is 10.0 Å². The summed E-state index contributed by atoms with van der Waals surface area (Å²) in [6.07, 6.45) is 0. The second kappa shape index (κ2) is 3.24. The van der Waals surface area contributed by atoms with E-state index >= 15 is 0 Å². The fraction of sp³-hybridized carbons (Fsp3) is 0. The van der Waals surface area contributed by atoms with Gasteiger partial charge in [0.15, 0.2) is 0 Å². The van der Waals surface area contributed by atoms with E-state index in [4.69, 9.17) is 28.9 Å². The topological polar surface area (TPSA) is 26.0 Å². The van der Waals surface area contributed by atoms with Crippen molar-refractivity contribution in [1.82, 2.24) is 0 Å². The molecule has 0 saturated carbocycles. The van der Waals surface area contributed by atoms with Gasteiger partial charge in [-0.1, -0.05) is 29.3 Å². The van der Waals surface area contributed by atoms with Crippen molar-refractivity contribution in [2.24, 2.45) is 5.73 Å². The number of hydrogen-bond donors (Lipinski definition) is 1. The first-order chi connectivity index (χ1) is 4.74. The number of nitrogens with two attached hydrogens (primary N) is 1. The lowest BCUT2D eigenvalue weighted by molar-refractivity contribution is 1.35. The predicted molar refractivity (Wildman–Crippen MR) is 44.1 cm³/mol. The fourth-order valence-corrected chi connectivity index (χ4v) is 1.11. The SMILES string of the molecule is N[CH]c1ccc(Cl)cc1Cl. The summed E-state index contributed by atoms with van der Waals surface area (Å²) in [6.45, 7) is 1.44. The molecule has 0 heterocycles. The van der Waals surface area contributed by atoms with Crippen LogP contribution in [0.5, 0.6) is 0 Å². The Balaban J connectivity index is 3.07. The zero-order chi connectivity index (χ0) is 7.56. The van der Waals surface area contributed by atoms with Crippen molar-refractivity contribution in [1.29, 1.82) is 0 Å². The van der Waals surface area contributed by atoms with E-state index in [2.05, 4.69) is 0 Å². The lowest BCUT2D eigenvalue weighted by atomic mass is 10.2. The highest BCUT2D eigenvalue weighted by molar-refractivity contribution is 6.35. The molecule has 0 bridgehead atoms. The lowest BCUT2D eigenvalue weighted by Gasteiger charge is -1.98. The summed E-state index contributed by atoms with van der Waals surface area (Å²) < 4.78 is 0. The summed E-state index contributed by atoms with van der Waals surface area (Å²) in [4.78, 5) is 0. The maximum Gasteiger partial charge on any atom is 0.0506 e. The quantitative estimate of drug-likeness (QED) is 0.696. The summed E-state index contributed by atoms with van der Waals surface area (Å²) in [5, 5.41) is 1.20. The van der Waals surface area contributed by atoms with Crippen LogP contribution in [0.15, 0.2) is 18.2 Å². The maximum atomic E-state index is 5.73. The van der Waals surface area contributed by atoms with Gasteiger partial charge >= 0.3 is 0 Å². The molecule has 1 nitrogen and oxygen atoms in total. The molecule has 1 aromatic carbocycles. The number of hydrogen-bond acceptors (Lipinski definition) is 1. The van der Waals surface area contributed by atoms with Gasteiger partial charge in [-0.3, -0.25) is 0 Å².